The molecular weight excluding hydrogens is 124 g/mol. The van der Waals surface area contributed by atoms with Gasteiger partial charge in [-0.15, -0.1) is 6.58 Å². The summed E-state index contributed by atoms with van der Waals surface area (Å²) in [5, 5.41) is 0. The second-order valence-electron chi connectivity index (χ2n) is 2.43. The molecule has 0 aliphatic heterocycles. The van der Waals surface area contributed by atoms with Gasteiger partial charge in [0.15, 0.2) is 0 Å². The lowest BCUT2D eigenvalue weighted by Gasteiger charge is -2.03. The molecule has 0 aliphatic rings. The summed E-state index contributed by atoms with van der Waals surface area (Å²) in [4.78, 5) is 7.00. The first-order chi connectivity index (χ1) is 4.84. The number of allylic oxidation sites excluding steroid dienone is 1. The minimum absolute atomic E-state index is 0.514. The first kappa shape index (κ1) is 7.06. The van der Waals surface area contributed by atoms with Gasteiger partial charge in [-0.1, -0.05) is 13.0 Å². The molecule has 1 rings (SSSR count). The van der Waals surface area contributed by atoms with Gasteiger partial charge in [-0.2, -0.15) is 0 Å². The van der Waals surface area contributed by atoms with Crippen LogP contribution in [-0.4, -0.2) is 9.97 Å². The van der Waals surface area contributed by atoms with E-state index in [1.165, 1.54) is 5.69 Å². The predicted molar refractivity (Wildman–Crippen MR) is 41.8 cm³/mol. The molecule has 0 saturated carbocycles. The van der Waals surface area contributed by atoms with E-state index in [2.05, 4.69) is 23.5 Å². The van der Waals surface area contributed by atoms with Crippen LogP contribution in [0.1, 0.15) is 25.0 Å². The molecule has 0 aliphatic carbocycles. The molecule has 0 radical (unpaired) electrons. The van der Waals surface area contributed by atoms with Crippen LogP contribution in [0.4, 0.5) is 0 Å². The van der Waals surface area contributed by atoms with Crippen molar-refractivity contribution in [1.82, 2.24) is 9.97 Å². The fourth-order valence-corrected chi connectivity index (χ4v) is 0.913. The van der Waals surface area contributed by atoms with E-state index in [9.17, 15) is 0 Å². The molecule has 1 unspecified atom stereocenters. The van der Waals surface area contributed by atoms with E-state index in [-0.39, 0.29) is 0 Å². The number of H-pyrrole nitrogens is 1. The summed E-state index contributed by atoms with van der Waals surface area (Å²) in [5.41, 5.74) is 1.18. The van der Waals surface area contributed by atoms with E-state index in [0.717, 1.165) is 6.42 Å². The van der Waals surface area contributed by atoms with Gasteiger partial charge in [0.05, 0.1) is 6.33 Å². The van der Waals surface area contributed by atoms with Crippen molar-refractivity contribution in [3.8, 4) is 0 Å². The lowest BCUT2D eigenvalue weighted by atomic mass is 10.1. The van der Waals surface area contributed by atoms with Gasteiger partial charge in [0.25, 0.3) is 0 Å². The maximum Gasteiger partial charge on any atom is 0.0921 e. The van der Waals surface area contributed by atoms with Crippen molar-refractivity contribution in [3.63, 3.8) is 0 Å². The minimum atomic E-state index is 0.514. The number of hydrogen-bond acceptors (Lipinski definition) is 1. The molecule has 0 fully saturated rings. The molecule has 10 heavy (non-hydrogen) atoms. The van der Waals surface area contributed by atoms with Crippen LogP contribution < -0.4 is 0 Å². The average molecular weight is 136 g/mol. The third-order valence-corrected chi connectivity index (χ3v) is 1.57. The van der Waals surface area contributed by atoms with Crippen LogP contribution in [0.5, 0.6) is 0 Å². The highest BCUT2D eigenvalue weighted by Crippen LogP contribution is 2.14. The zero-order chi connectivity index (χ0) is 7.40. The molecule has 1 heterocycles. The van der Waals surface area contributed by atoms with E-state index in [1.807, 2.05) is 12.3 Å². The SMILES string of the molecule is C=CCC(C)c1cnc[nH]1. The molecule has 0 amide bonds. The molecular formula is C8H12N2. The summed E-state index contributed by atoms with van der Waals surface area (Å²) in [6, 6.07) is 0. The first-order valence-corrected chi connectivity index (χ1v) is 3.43. The van der Waals surface area contributed by atoms with Crippen molar-refractivity contribution in [2.24, 2.45) is 0 Å². The Morgan fingerprint density at radius 1 is 1.90 bits per heavy atom. The van der Waals surface area contributed by atoms with Crippen molar-refractivity contribution in [2.45, 2.75) is 19.3 Å². The summed E-state index contributed by atoms with van der Waals surface area (Å²) in [5.74, 6) is 0.514. The topological polar surface area (TPSA) is 28.7 Å². The molecule has 2 heteroatoms. The predicted octanol–water partition coefficient (Wildman–Crippen LogP) is 2.09. The highest BCUT2D eigenvalue weighted by Gasteiger charge is 2.02. The molecule has 54 valence electrons. The van der Waals surface area contributed by atoms with Gasteiger partial charge in [0, 0.05) is 17.8 Å². The Balaban J connectivity index is 2.58. The van der Waals surface area contributed by atoms with Crippen molar-refractivity contribution in [1.29, 1.82) is 0 Å². The van der Waals surface area contributed by atoms with Gasteiger partial charge in [0.1, 0.15) is 0 Å². The lowest BCUT2D eigenvalue weighted by Crippen LogP contribution is -1.90. The van der Waals surface area contributed by atoms with Crippen molar-refractivity contribution in [3.05, 3.63) is 30.9 Å². The first-order valence-electron chi connectivity index (χ1n) is 3.43. The van der Waals surface area contributed by atoms with Crippen LogP contribution in [-0.2, 0) is 0 Å². The number of nitrogens with one attached hydrogen (secondary N) is 1. The molecule has 0 bridgehead atoms. The maximum atomic E-state index is 3.94. The van der Waals surface area contributed by atoms with E-state index in [1.54, 1.807) is 6.33 Å². The highest BCUT2D eigenvalue weighted by atomic mass is 14.9. The Kier molecular flexibility index (Phi) is 2.26. The quantitative estimate of drug-likeness (QED) is 0.633. The Morgan fingerprint density at radius 3 is 3.20 bits per heavy atom. The largest absolute Gasteiger partial charge is 0.348 e. The van der Waals surface area contributed by atoms with Gasteiger partial charge in [-0.3, -0.25) is 0 Å². The number of rotatable bonds is 3. The van der Waals surface area contributed by atoms with Crippen LogP contribution in [0, 0.1) is 0 Å². The Morgan fingerprint density at radius 2 is 2.70 bits per heavy atom. The molecule has 1 N–H and O–H groups in total. The maximum absolute atomic E-state index is 3.94. The van der Waals surface area contributed by atoms with Gasteiger partial charge in [-0.25, -0.2) is 4.98 Å². The Hall–Kier alpha value is -1.05. The molecule has 1 aromatic rings. The van der Waals surface area contributed by atoms with E-state index in [4.69, 9.17) is 0 Å². The fourth-order valence-electron chi connectivity index (χ4n) is 0.913. The zero-order valence-corrected chi connectivity index (χ0v) is 6.17. The molecule has 0 spiro atoms. The highest BCUT2D eigenvalue weighted by molar-refractivity contribution is 5.03. The summed E-state index contributed by atoms with van der Waals surface area (Å²) >= 11 is 0. The molecule has 1 atom stereocenters. The summed E-state index contributed by atoms with van der Waals surface area (Å²) in [7, 11) is 0. The monoisotopic (exact) mass is 136 g/mol. The molecule has 0 saturated heterocycles. The lowest BCUT2D eigenvalue weighted by molar-refractivity contribution is 0.757. The normalized spacial score (nSPS) is 12.9. The molecule has 2 nitrogen and oxygen atoms in total. The standard InChI is InChI=1S/C8H12N2/c1-3-4-7(2)8-5-9-6-10-8/h3,5-7H,1,4H2,2H3,(H,9,10). The molecule has 0 aromatic carbocycles. The van der Waals surface area contributed by atoms with Crippen molar-refractivity contribution < 1.29 is 0 Å². The van der Waals surface area contributed by atoms with Crippen molar-refractivity contribution in [2.75, 3.05) is 0 Å². The minimum Gasteiger partial charge on any atom is -0.348 e. The second-order valence-corrected chi connectivity index (χ2v) is 2.43. The Bertz CT molecular complexity index is 189. The summed E-state index contributed by atoms with van der Waals surface area (Å²) < 4.78 is 0. The van der Waals surface area contributed by atoms with E-state index in [0.29, 0.717) is 5.92 Å². The van der Waals surface area contributed by atoms with Crippen LogP contribution in [0.25, 0.3) is 0 Å². The molecule has 1 aromatic heterocycles. The van der Waals surface area contributed by atoms with Gasteiger partial charge < -0.3 is 4.98 Å². The Labute approximate surface area is 61.0 Å². The van der Waals surface area contributed by atoms with Gasteiger partial charge >= 0.3 is 0 Å². The summed E-state index contributed by atoms with van der Waals surface area (Å²) in [6.07, 6.45) is 6.48. The third kappa shape index (κ3) is 1.47. The summed E-state index contributed by atoms with van der Waals surface area (Å²) in [6.45, 7) is 5.82. The number of aromatic nitrogens is 2. The van der Waals surface area contributed by atoms with Gasteiger partial charge in [0.2, 0.25) is 0 Å². The smallest absolute Gasteiger partial charge is 0.0921 e. The van der Waals surface area contributed by atoms with Gasteiger partial charge in [-0.05, 0) is 6.42 Å². The van der Waals surface area contributed by atoms with Crippen molar-refractivity contribution >= 4 is 0 Å². The van der Waals surface area contributed by atoms with Crippen LogP contribution >= 0.6 is 0 Å². The van der Waals surface area contributed by atoms with Crippen LogP contribution in [0.3, 0.4) is 0 Å². The van der Waals surface area contributed by atoms with Crippen LogP contribution in [0.15, 0.2) is 25.2 Å². The zero-order valence-electron chi connectivity index (χ0n) is 6.17. The number of hydrogen-bond donors (Lipinski definition) is 1. The van der Waals surface area contributed by atoms with Crippen LogP contribution in [0.2, 0.25) is 0 Å². The second kappa shape index (κ2) is 3.20. The van der Waals surface area contributed by atoms with E-state index < -0.39 is 0 Å². The van der Waals surface area contributed by atoms with E-state index >= 15 is 0 Å². The number of imidazole rings is 1. The fraction of sp³-hybridized carbons (Fsp3) is 0.375. The average Bonchev–Trinajstić information content (AvgIpc) is 2.38. The number of aromatic amines is 1. The third-order valence-electron chi connectivity index (χ3n) is 1.57. The number of nitrogens with zero attached hydrogens (tertiary/aromatic N) is 1.